The van der Waals surface area contributed by atoms with Crippen molar-refractivity contribution in [3.05, 3.63) is 55.4 Å². The summed E-state index contributed by atoms with van der Waals surface area (Å²) in [5, 5.41) is 0. The summed E-state index contributed by atoms with van der Waals surface area (Å²) >= 11 is 10.3. The van der Waals surface area contributed by atoms with Crippen molar-refractivity contribution in [3.63, 3.8) is 0 Å². The lowest BCUT2D eigenvalue weighted by Crippen LogP contribution is -1.97. The molecule has 0 fully saturated rings. The first-order valence-electron chi connectivity index (χ1n) is 5.21. The minimum absolute atomic E-state index is 0.503. The summed E-state index contributed by atoms with van der Waals surface area (Å²) < 4.78 is 8.66. The summed E-state index contributed by atoms with van der Waals surface area (Å²) in [6.45, 7) is 0.503. The van der Waals surface area contributed by atoms with Crippen LogP contribution in [0.3, 0.4) is 0 Å². The van der Waals surface area contributed by atoms with Crippen LogP contribution in [0.4, 0.5) is 0 Å². The first-order chi connectivity index (χ1) is 8.60. The Labute approximate surface area is 131 Å². The van der Waals surface area contributed by atoms with Gasteiger partial charge in [-0.15, -0.1) is 0 Å². The summed E-state index contributed by atoms with van der Waals surface area (Å²) in [6.07, 6.45) is 0. The van der Waals surface area contributed by atoms with Crippen molar-refractivity contribution in [2.75, 3.05) is 0 Å². The molecule has 0 aliphatic rings. The molecule has 0 radical (unpaired) electrons. The third-order valence-electron chi connectivity index (χ3n) is 2.37. The van der Waals surface area contributed by atoms with E-state index in [2.05, 4.69) is 47.8 Å². The maximum absolute atomic E-state index is 5.81. The van der Waals surface area contributed by atoms with E-state index in [0.717, 1.165) is 30.5 Å². The van der Waals surface area contributed by atoms with Crippen LogP contribution in [0.15, 0.2) is 49.8 Å². The molecule has 0 unspecified atom stereocenters. The van der Waals surface area contributed by atoms with E-state index < -0.39 is 0 Å². The Morgan fingerprint density at radius 3 is 2.33 bits per heavy atom. The van der Waals surface area contributed by atoms with Gasteiger partial charge >= 0.3 is 0 Å². The van der Waals surface area contributed by atoms with E-state index in [1.807, 2.05) is 36.4 Å². The summed E-state index contributed by atoms with van der Waals surface area (Å²) in [4.78, 5) is 0. The Hall–Kier alpha value is -0.360. The van der Waals surface area contributed by atoms with Gasteiger partial charge in [0, 0.05) is 15.5 Å². The number of nitrogens with two attached hydrogens (primary N) is 1. The average Bonchev–Trinajstić information content (AvgIpc) is 2.33. The van der Waals surface area contributed by atoms with Gasteiger partial charge in [-0.1, -0.05) is 37.9 Å². The second-order valence-electron chi connectivity index (χ2n) is 3.63. The van der Waals surface area contributed by atoms with E-state index in [4.69, 9.17) is 10.5 Å². The molecule has 0 spiro atoms. The molecule has 0 atom stereocenters. The minimum atomic E-state index is 0.503. The highest BCUT2D eigenvalue weighted by molar-refractivity contribution is 9.11. The minimum Gasteiger partial charge on any atom is -0.456 e. The second-order valence-corrected chi connectivity index (χ2v) is 6.26. The van der Waals surface area contributed by atoms with Gasteiger partial charge in [0.05, 0.1) is 4.47 Å². The van der Waals surface area contributed by atoms with Gasteiger partial charge in [-0.2, -0.15) is 0 Å². The topological polar surface area (TPSA) is 35.2 Å². The quantitative estimate of drug-likeness (QED) is 0.716. The number of hydrogen-bond donors (Lipinski definition) is 1. The van der Waals surface area contributed by atoms with Crippen molar-refractivity contribution < 1.29 is 4.74 Å². The van der Waals surface area contributed by atoms with Gasteiger partial charge in [0.25, 0.3) is 0 Å². The molecule has 0 aliphatic heterocycles. The highest BCUT2D eigenvalue weighted by Gasteiger charge is 2.05. The molecule has 0 amide bonds. The fourth-order valence-corrected chi connectivity index (χ4v) is 3.09. The van der Waals surface area contributed by atoms with Crippen LogP contribution in [0.1, 0.15) is 5.56 Å². The first-order valence-corrected chi connectivity index (χ1v) is 7.59. The standard InChI is InChI=1S/C13H10Br3NO/c14-9-2-4-13(12(16)5-9)18-10-3-1-8(7-17)11(15)6-10/h1-6H,7,17H2. The molecule has 0 bridgehead atoms. The smallest absolute Gasteiger partial charge is 0.141 e. The monoisotopic (exact) mass is 433 g/mol. The SMILES string of the molecule is NCc1ccc(Oc2ccc(Br)cc2Br)cc1Br. The van der Waals surface area contributed by atoms with Crippen LogP contribution in [-0.2, 0) is 6.54 Å². The normalized spacial score (nSPS) is 10.4. The van der Waals surface area contributed by atoms with Crippen molar-refractivity contribution in [1.82, 2.24) is 0 Å². The van der Waals surface area contributed by atoms with Gasteiger partial charge in [0.2, 0.25) is 0 Å². The summed E-state index contributed by atoms with van der Waals surface area (Å²) in [7, 11) is 0. The molecule has 5 heteroatoms. The van der Waals surface area contributed by atoms with E-state index in [-0.39, 0.29) is 0 Å². The van der Waals surface area contributed by atoms with Crippen molar-refractivity contribution in [2.24, 2.45) is 5.73 Å². The lowest BCUT2D eigenvalue weighted by molar-refractivity contribution is 0.479. The zero-order valence-corrected chi connectivity index (χ0v) is 14.0. The molecular weight excluding hydrogens is 426 g/mol. The molecule has 2 N–H and O–H groups in total. The Morgan fingerprint density at radius 1 is 0.944 bits per heavy atom. The number of halogens is 3. The molecule has 2 rings (SSSR count). The fourth-order valence-electron chi connectivity index (χ4n) is 1.44. The second kappa shape index (κ2) is 6.19. The van der Waals surface area contributed by atoms with E-state index >= 15 is 0 Å². The van der Waals surface area contributed by atoms with Gasteiger partial charge < -0.3 is 10.5 Å². The molecule has 0 saturated carbocycles. The third-order valence-corrected chi connectivity index (χ3v) is 4.22. The molecule has 0 aliphatic carbocycles. The van der Waals surface area contributed by atoms with Gasteiger partial charge in [-0.25, -0.2) is 0 Å². The number of hydrogen-bond acceptors (Lipinski definition) is 2. The molecule has 2 aromatic carbocycles. The maximum atomic E-state index is 5.81. The van der Waals surface area contributed by atoms with Crippen molar-refractivity contribution in [1.29, 1.82) is 0 Å². The molecule has 0 heterocycles. The Balaban J connectivity index is 2.26. The lowest BCUT2D eigenvalue weighted by Gasteiger charge is -2.09. The highest BCUT2D eigenvalue weighted by atomic mass is 79.9. The Bertz CT molecular complexity index is 572. The number of benzene rings is 2. The van der Waals surface area contributed by atoms with Crippen LogP contribution < -0.4 is 10.5 Å². The van der Waals surface area contributed by atoms with Gasteiger partial charge in [0.1, 0.15) is 11.5 Å². The van der Waals surface area contributed by atoms with Crippen molar-refractivity contribution >= 4 is 47.8 Å². The van der Waals surface area contributed by atoms with E-state index in [1.165, 1.54) is 0 Å². The summed E-state index contributed by atoms with van der Waals surface area (Å²) in [6, 6.07) is 11.5. The molecular formula is C13H10Br3NO. The van der Waals surface area contributed by atoms with Crippen molar-refractivity contribution in [2.45, 2.75) is 6.54 Å². The predicted octanol–water partition coefficient (Wildman–Crippen LogP) is 5.23. The van der Waals surface area contributed by atoms with Crippen LogP contribution in [0.25, 0.3) is 0 Å². The summed E-state index contributed by atoms with van der Waals surface area (Å²) in [5.41, 5.74) is 6.66. The lowest BCUT2D eigenvalue weighted by atomic mass is 10.2. The Kier molecular flexibility index (Phi) is 4.84. The average molecular weight is 436 g/mol. The third kappa shape index (κ3) is 3.35. The molecule has 2 nitrogen and oxygen atoms in total. The maximum Gasteiger partial charge on any atom is 0.141 e. The largest absolute Gasteiger partial charge is 0.456 e. The fraction of sp³-hybridized carbons (Fsp3) is 0.0769. The molecule has 0 saturated heterocycles. The zero-order chi connectivity index (χ0) is 13.1. The van der Waals surface area contributed by atoms with Gasteiger partial charge in [0.15, 0.2) is 0 Å². The molecule has 18 heavy (non-hydrogen) atoms. The molecule has 2 aromatic rings. The van der Waals surface area contributed by atoms with E-state index in [0.29, 0.717) is 6.54 Å². The van der Waals surface area contributed by atoms with Crippen LogP contribution >= 0.6 is 47.8 Å². The first kappa shape index (κ1) is 14.1. The number of rotatable bonds is 3. The number of ether oxygens (including phenoxy) is 1. The zero-order valence-electron chi connectivity index (χ0n) is 9.29. The van der Waals surface area contributed by atoms with Crippen LogP contribution in [0.2, 0.25) is 0 Å². The van der Waals surface area contributed by atoms with Crippen LogP contribution in [-0.4, -0.2) is 0 Å². The van der Waals surface area contributed by atoms with Crippen LogP contribution in [0.5, 0.6) is 11.5 Å². The predicted molar refractivity (Wildman–Crippen MR) is 83.9 cm³/mol. The highest BCUT2D eigenvalue weighted by Crippen LogP contribution is 2.33. The van der Waals surface area contributed by atoms with E-state index in [1.54, 1.807) is 0 Å². The summed E-state index contributed by atoms with van der Waals surface area (Å²) in [5.74, 6) is 1.53. The van der Waals surface area contributed by atoms with Gasteiger partial charge in [-0.3, -0.25) is 0 Å². The van der Waals surface area contributed by atoms with Crippen LogP contribution in [0, 0.1) is 0 Å². The van der Waals surface area contributed by atoms with Gasteiger partial charge in [-0.05, 0) is 51.8 Å². The van der Waals surface area contributed by atoms with E-state index in [9.17, 15) is 0 Å². The van der Waals surface area contributed by atoms with Crippen molar-refractivity contribution in [3.8, 4) is 11.5 Å². The Morgan fingerprint density at radius 2 is 1.72 bits per heavy atom. The molecule has 94 valence electrons. The molecule has 0 aromatic heterocycles.